The molecule has 1 aromatic rings. The van der Waals surface area contributed by atoms with Gasteiger partial charge in [0.05, 0.1) is 5.02 Å². The number of nitrogens with zero attached hydrogens (tertiary/aromatic N) is 1. The Kier molecular flexibility index (Phi) is 4.32. The summed E-state index contributed by atoms with van der Waals surface area (Å²) in [5, 5.41) is 0.0367. The van der Waals surface area contributed by atoms with Crippen molar-refractivity contribution in [1.29, 1.82) is 0 Å². The average molecular weight is 282 g/mol. The molecule has 1 aromatic carbocycles. The van der Waals surface area contributed by atoms with E-state index in [1.165, 1.54) is 29.2 Å². The predicted octanol–water partition coefficient (Wildman–Crippen LogP) is 3.03. The number of carbonyl (C=O) groups excluding carboxylic acids is 2. The van der Waals surface area contributed by atoms with Crippen molar-refractivity contribution in [1.82, 2.24) is 4.90 Å². The van der Waals surface area contributed by atoms with E-state index in [-0.39, 0.29) is 16.8 Å². The monoisotopic (exact) mass is 281 g/mol. The number of hydrogen-bond donors (Lipinski definition) is 0. The van der Waals surface area contributed by atoms with E-state index < -0.39 is 5.82 Å². The molecule has 1 saturated heterocycles. The number of imide groups is 1. The minimum absolute atomic E-state index is 0.0367. The number of halogens is 2. The second-order valence-electron chi connectivity index (χ2n) is 4.35. The Morgan fingerprint density at radius 1 is 1.37 bits per heavy atom. The highest BCUT2D eigenvalue weighted by molar-refractivity contribution is 6.30. The van der Waals surface area contributed by atoms with Gasteiger partial charge in [0.25, 0.3) is 5.91 Å². The van der Waals surface area contributed by atoms with Crippen LogP contribution in [0.15, 0.2) is 24.3 Å². The minimum atomic E-state index is -0.537. The summed E-state index contributed by atoms with van der Waals surface area (Å²) in [6.07, 6.45) is 4.83. The van der Waals surface area contributed by atoms with Crippen molar-refractivity contribution in [2.75, 3.05) is 6.54 Å². The summed E-state index contributed by atoms with van der Waals surface area (Å²) in [5.41, 5.74) is 0.528. The molecule has 2 amide bonds. The van der Waals surface area contributed by atoms with E-state index in [1.54, 1.807) is 6.07 Å². The molecule has 0 N–H and O–H groups in total. The molecule has 0 radical (unpaired) electrons. The third-order valence-electron chi connectivity index (χ3n) is 2.95. The molecule has 3 nitrogen and oxygen atoms in total. The highest BCUT2D eigenvalue weighted by atomic mass is 35.5. The summed E-state index contributed by atoms with van der Waals surface area (Å²) < 4.78 is 13.2. The smallest absolute Gasteiger partial charge is 0.253 e. The zero-order valence-corrected chi connectivity index (χ0v) is 11.0. The second kappa shape index (κ2) is 5.97. The summed E-state index contributed by atoms with van der Waals surface area (Å²) in [6.45, 7) is 0.455. The van der Waals surface area contributed by atoms with E-state index >= 15 is 0 Å². The van der Waals surface area contributed by atoms with Gasteiger partial charge in [-0.15, -0.1) is 0 Å². The van der Waals surface area contributed by atoms with Gasteiger partial charge in [0.1, 0.15) is 5.82 Å². The Balaban J connectivity index is 2.07. The van der Waals surface area contributed by atoms with Crippen molar-refractivity contribution in [3.8, 4) is 0 Å². The molecule has 5 heteroatoms. The van der Waals surface area contributed by atoms with E-state index in [0.717, 1.165) is 12.8 Å². The number of carbonyl (C=O) groups is 2. The van der Waals surface area contributed by atoms with Crippen molar-refractivity contribution >= 4 is 29.5 Å². The Hall–Kier alpha value is -1.68. The largest absolute Gasteiger partial charge is 0.279 e. The van der Waals surface area contributed by atoms with Crippen molar-refractivity contribution in [3.05, 3.63) is 40.7 Å². The third-order valence-corrected chi connectivity index (χ3v) is 3.26. The number of hydrogen-bond acceptors (Lipinski definition) is 2. The molecule has 1 aliphatic heterocycles. The first kappa shape index (κ1) is 13.7. The van der Waals surface area contributed by atoms with Gasteiger partial charge in [-0.3, -0.25) is 14.5 Å². The molecule has 19 heavy (non-hydrogen) atoms. The van der Waals surface area contributed by atoms with Crippen LogP contribution in [0.4, 0.5) is 4.39 Å². The van der Waals surface area contributed by atoms with E-state index in [4.69, 9.17) is 11.6 Å². The lowest BCUT2D eigenvalue weighted by atomic mass is 10.1. The molecule has 1 fully saturated rings. The van der Waals surface area contributed by atoms with E-state index in [0.29, 0.717) is 18.5 Å². The van der Waals surface area contributed by atoms with Gasteiger partial charge in [-0.2, -0.15) is 0 Å². The zero-order valence-electron chi connectivity index (χ0n) is 10.2. The Bertz CT molecular complexity index is 542. The fourth-order valence-electron chi connectivity index (χ4n) is 1.91. The van der Waals surface area contributed by atoms with Gasteiger partial charge in [-0.1, -0.05) is 17.7 Å². The highest BCUT2D eigenvalue weighted by Gasteiger charge is 2.22. The molecular weight excluding hydrogens is 269 g/mol. The van der Waals surface area contributed by atoms with Crippen LogP contribution < -0.4 is 0 Å². The first-order valence-corrected chi connectivity index (χ1v) is 6.43. The molecule has 0 spiro atoms. The molecule has 0 aromatic heterocycles. The van der Waals surface area contributed by atoms with Gasteiger partial charge in [-0.05, 0) is 36.6 Å². The van der Waals surface area contributed by atoms with Gasteiger partial charge >= 0.3 is 0 Å². The first-order valence-electron chi connectivity index (χ1n) is 6.05. The molecule has 2 rings (SSSR count). The van der Waals surface area contributed by atoms with Crippen LogP contribution in [0.3, 0.4) is 0 Å². The maximum absolute atomic E-state index is 13.2. The number of benzene rings is 1. The summed E-state index contributed by atoms with van der Waals surface area (Å²) in [4.78, 5) is 24.6. The average Bonchev–Trinajstić information content (AvgIpc) is 2.40. The normalized spacial score (nSPS) is 16.1. The quantitative estimate of drug-likeness (QED) is 0.782. The van der Waals surface area contributed by atoms with Crippen LogP contribution in [0.2, 0.25) is 5.02 Å². The third kappa shape index (κ3) is 3.41. The maximum Gasteiger partial charge on any atom is 0.253 e. The predicted molar refractivity (Wildman–Crippen MR) is 71.0 cm³/mol. The van der Waals surface area contributed by atoms with Crippen LogP contribution in [-0.4, -0.2) is 23.3 Å². The lowest BCUT2D eigenvalue weighted by Gasteiger charge is -2.23. The van der Waals surface area contributed by atoms with Crippen molar-refractivity contribution in [3.63, 3.8) is 0 Å². The topological polar surface area (TPSA) is 37.4 Å². The van der Waals surface area contributed by atoms with Crippen LogP contribution in [0.25, 0.3) is 6.08 Å². The lowest BCUT2D eigenvalue weighted by molar-refractivity contribution is -0.143. The fraction of sp³-hybridized carbons (Fsp3) is 0.286. The van der Waals surface area contributed by atoms with Crippen molar-refractivity contribution in [2.24, 2.45) is 0 Å². The van der Waals surface area contributed by atoms with Crippen LogP contribution in [0.1, 0.15) is 24.8 Å². The number of rotatable bonds is 2. The molecule has 0 bridgehead atoms. The number of piperidine rings is 1. The van der Waals surface area contributed by atoms with Crippen molar-refractivity contribution in [2.45, 2.75) is 19.3 Å². The summed E-state index contributed by atoms with van der Waals surface area (Å²) >= 11 is 5.57. The number of likely N-dealkylation sites (tertiary alicyclic amines) is 1. The standard InChI is InChI=1S/C14H13ClFNO2/c15-11-6-4-10(9-12(11)16)5-7-14(19)17-8-2-1-3-13(17)18/h4-7,9H,1-3,8H2/b7-5+. The second-order valence-corrected chi connectivity index (χ2v) is 4.75. The molecule has 1 aliphatic rings. The summed E-state index contributed by atoms with van der Waals surface area (Å²) in [7, 11) is 0. The van der Waals surface area contributed by atoms with Crippen LogP contribution in [0.5, 0.6) is 0 Å². The van der Waals surface area contributed by atoms with Gasteiger partial charge in [0, 0.05) is 19.0 Å². The molecule has 0 aliphatic carbocycles. The Labute approximate surface area is 115 Å². The first-order chi connectivity index (χ1) is 9.08. The molecule has 0 saturated carbocycles. The summed E-state index contributed by atoms with van der Waals surface area (Å²) in [6, 6.07) is 4.27. The maximum atomic E-state index is 13.2. The molecule has 100 valence electrons. The van der Waals surface area contributed by atoms with E-state index in [2.05, 4.69) is 0 Å². The van der Waals surface area contributed by atoms with Gasteiger partial charge in [0.2, 0.25) is 5.91 Å². The van der Waals surface area contributed by atoms with Gasteiger partial charge in [-0.25, -0.2) is 4.39 Å². The van der Waals surface area contributed by atoms with Crippen molar-refractivity contribution < 1.29 is 14.0 Å². The van der Waals surface area contributed by atoms with Crippen LogP contribution in [0, 0.1) is 5.82 Å². The Morgan fingerprint density at radius 3 is 2.84 bits per heavy atom. The molecule has 0 unspecified atom stereocenters. The SMILES string of the molecule is O=C(/C=C/c1ccc(Cl)c(F)c1)N1CCCCC1=O. The van der Waals surface area contributed by atoms with Crippen LogP contribution >= 0.6 is 11.6 Å². The minimum Gasteiger partial charge on any atom is -0.279 e. The van der Waals surface area contributed by atoms with E-state index in [9.17, 15) is 14.0 Å². The number of amides is 2. The highest BCUT2D eigenvalue weighted by Crippen LogP contribution is 2.17. The lowest BCUT2D eigenvalue weighted by Crippen LogP contribution is -2.39. The van der Waals surface area contributed by atoms with Gasteiger partial charge in [0.15, 0.2) is 0 Å². The van der Waals surface area contributed by atoms with Gasteiger partial charge < -0.3 is 0 Å². The molecule has 0 atom stereocenters. The Morgan fingerprint density at radius 2 is 2.16 bits per heavy atom. The fourth-order valence-corrected chi connectivity index (χ4v) is 2.03. The molecule has 1 heterocycles. The van der Waals surface area contributed by atoms with E-state index in [1.807, 2.05) is 0 Å². The molecular formula is C14H13ClFNO2. The summed E-state index contributed by atoms with van der Waals surface area (Å²) in [5.74, 6) is -1.05. The van der Waals surface area contributed by atoms with Crippen LogP contribution in [-0.2, 0) is 9.59 Å². The zero-order chi connectivity index (χ0) is 13.8.